The van der Waals surface area contributed by atoms with E-state index in [4.69, 9.17) is 5.26 Å². The minimum absolute atomic E-state index is 0.369. The van der Waals surface area contributed by atoms with Gasteiger partial charge in [-0.2, -0.15) is 5.26 Å². The van der Waals surface area contributed by atoms with Crippen molar-refractivity contribution in [1.29, 1.82) is 5.26 Å². The van der Waals surface area contributed by atoms with Crippen molar-refractivity contribution >= 4 is 0 Å². The van der Waals surface area contributed by atoms with Crippen molar-refractivity contribution < 1.29 is 0 Å². The molecule has 3 heteroatoms. The fraction of sp³-hybridized carbons (Fsp3) is 0.900. The summed E-state index contributed by atoms with van der Waals surface area (Å²) in [5, 5.41) is 11.8. The van der Waals surface area contributed by atoms with Gasteiger partial charge >= 0.3 is 0 Å². The molecule has 1 atom stereocenters. The lowest BCUT2D eigenvalue weighted by Gasteiger charge is -2.22. The molecule has 0 aromatic rings. The Hall–Kier alpha value is -0.590. The van der Waals surface area contributed by atoms with Gasteiger partial charge in [0.25, 0.3) is 0 Å². The SMILES string of the molecule is CCCNCCN(C)C(C)CC#N. The predicted octanol–water partition coefficient (Wildman–Crippen LogP) is 1.22. The van der Waals surface area contributed by atoms with Crippen LogP contribution in [0, 0.1) is 11.3 Å². The van der Waals surface area contributed by atoms with Crippen LogP contribution in [0.4, 0.5) is 0 Å². The van der Waals surface area contributed by atoms with E-state index < -0.39 is 0 Å². The summed E-state index contributed by atoms with van der Waals surface area (Å²) in [6.07, 6.45) is 1.79. The van der Waals surface area contributed by atoms with Crippen LogP contribution < -0.4 is 5.32 Å². The Kier molecular flexibility index (Phi) is 7.66. The Morgan fingerprint density at radius 3 is 2.69 bits per heavy atom. The van der Waals surface area contributed by atoms with E-state index in [1.165, 1.54) is 6.42 Å². The number of hydrogen-bond donors (Lipinski definition) is 1. The van der Waals surface area contributed by atoms with Gasteiger partial charge in [0.15, 0.2) is 0 Å². The van der Waals surface area contributed by atoms with Gasteiger partial charge < -0.3 is 10.2 Å². The van der Waals surface area contributed by atoms with E-state index in [1.54, 1.807) is 0 Å². The molecule has 0 spiro atoms. The molecular formula is C10H21N3. The molecular weight excluding hydrogens is 162 g/mol. The molecule has 0 bridgehead atoms. The zero-order valence-electron chi connectivity index (χ0n) is 9.01. The maximum atomic E-state index is 8.50. The van der Waals surface area contributed by atoms with E-state index in [0.717, 1.165) is 19.6 Å². The van der Waals surface area contributed by atoms with Crippen LogP contribution in [0.25, 0.3) is 0 Å². The molecule has 0 aromatic carbocycles. The van der Waals surface area contributed by atoms with Gasteiger partial charge in [0.2, 0.25) is 0 Å². The molecule has 0 aromatic heterocycles. The molecule has 1 N–H and O–H groups in total. The lowest BCUT2D eigenvalue weighted by molar-refractivity contribution is 0.260. The fourth-order valence-corrected chi connectivity index (χ4v) is 1.07. The molecule has 0 aliphatic heterocycles. The Morgan fingerprint density at radius 1 is 1.46 bits per heavy atom. The molecule has 13 heavy (non-hydrogen) atoms. The summed E-state index contributed by atoms with van der Waals surface area (Å²) >= 11 is 0. The molecule has 0 aliphatic rings. The van der Waals surface area contributed by atoms with Gasteiger partial charge in [0, 0.05) is 19.1 Å². The monoisotopic (exact) mass is 183 g/mol. The highest BCUT2D eigenvalue weighted by Gasteiger charge is 2.06. The minimum Gasteiger partial charge on any atom is -0.315 e. The second kappa shape index (κ2) is 8.03. The number of nitrogens with zero attached hydrogens (tertiary/aromatic N) is 2. The lowest BCUT2D eigenvalue weighted by atomic mass is 10.2. The summed E-state index contributed by atoms with van der Waals surface area (Å²) in [4.78, 5) is 2.21. The topological polar surface area (TPSA) is 39.1 Å². The maximum absolute atomic E-state index is 8.50. The molecule has 0 rings (SSSR count). The summed E-state index contributed by atoms with van der Waals surface area (Å²) in [5.41, 5.74) is 0. The molecule has 0 saturated carbocycles. The second-order valence-electron chi connectivity index (χ2n) is 3.44. The van der Waals surface area contributed by atoms with Gasteiger partial charge in [-0.3, -0.25) is 0 Å². The first kappa shape index (κ1) is 12.4. The Balaban J connectivity index is 3.39. The molecule has 0 radical (unpaired) electrons. The number of nitriles is 1. The van der Waals surface area contributed by atoms with Gasteiger partial charge in [0.1, 0.15) is 0 Å². The average Bonchev–Trinajstić information content (AvgIpc) is 2.12. The van der Waals surface area contributed by atoms with Crippen molar-refractivity contribution in [3.05, 3.63) is 0 Å². The molecule has 76 valence electrons. The Bertz CT molecular complexity index is 151. The van der Waals surface area contributed by atoms with Crippen LogP contribution in [-0.2, 0) is 0 Å². The first-order valence-corrected chi connectivity index (χ1v) is 5.00. The summed E-state index contributed by atoms with van der Waals surface area (Å²) in [5.74, 6) is 0. The molecule has 0 aliphatic carbocycles. The minimum atomic E-state index is 0.369. The Labute approximate surface area is 81.7 Å². The standard InChI is InChI=1S/C10H21N3/c1-4-7-12-8-9-13(3)10(2)5-6-11/h10,12H,4-5,7-9H2,1-3H3. The zero-order valence-corrected chi connectivity index (χ0v) is 9.01. The maximum Gasteiger partial charge on any atom is 0.0638 e. The normalized spacial score (nSPS) is 12.8. The van der Waals surface area contributed by atoms with Gasteiger partial charge in [-0.05, 0) is 26.9 Å². The van der Waals surface area contributed by atoms with Crippen molar-refractivity contribution in [3.63, 3.8) is 0 Å². The Morgan fingerprint density at radius 2 is 2.15 bits per heavy atom. The molecule has 0 saturated heterocycles. The van der Waals surface area contributed by atoms with E-state index >= 15 is 0 Å². The van der Waals surface area contributed by atoms with Crippen LogP contribution in [0.3, 0.4) is 0 Å². The molecule has 1 unspecified atom stereocenters. The zero-order chi connectivity index (χ0) is 10.1. The van der Waals surface area contributed by atoms with E-state index in [0.29, 0.717) is 12.5 Å². The van der Waals surface area contributed by atoms with Gasteiger partial charge in [-0.1, -0.05) is 6.92 Å². The molecule has 0 heterocycles. The van der Waals surface area contributed by atoms with Crippen LogP contribution in [0.5, 0.6) is 0 Å². The highest BCUT2D eigenvalue weighted by molar-refractivity contribution is 4.78. The summed E-state index contributed by atoms with van der Waals surface area (Å²) in [6.45, 7) is 7.36. The molecule has 0 fully saturated rings. The van der Waals surface area contributed by atoms with Crippen molar-refractivity contribution in [2.75, 3.05) is 26.7 Å². The van der Waals surface area contributed by atoms with E-state index in [-0.39, 0.29) is 0 Å². The first-order chi connectivity index (χ1) is 6.22. The van der Waals surface area contributed by atoms with E-state index in [2.05, 4.69) is 37.2 Å². The van der Waals surface area contributed by atoms with Crippen LogP contribution in [0.15, 0.2) is 0 Å². The second-order valence-corrected chi connectivity index (χ2v) is 3.44. The van der Waals surface area contributed by atoms with Crippen LogP contribution >= 0.6 is 0 Å². The van der Waals surface area contributed by atoms with E-state index in [1.807, 2.05) is 0 Å². The number of rotatable bonds is 7. The quantitative estimate of drug-likeness (QED) is 0.603. The number of hydrogen-bond acceptors (Lipinski definition) is 3. The van der Waals surface area contributed by atoms with Crippen LogP contribution in [0.1, 0.15) is 26.7 Å². The third kappa shape index (κ3) is 6.56. The lowest BCUT2D eigenvalue weighted by Crippen LogP contribution is -2.35. The highest BCUT2D eigenvalue weighted by atomic mass is 15.1. The highest BCUT2D eigenvalue weighted by Crippen LogP contribution is 1.98. The molecule has 3 nitrogen and oxygen atoms in total. The van der Waals surface area contributed by atoms with Crippen molar-refractivity contribution in [3.8, 4) is 6.07 Å². The van der Waals surface area contributed by atoms with Crippen molar-refractivity contribution in [1.82, 2.24) is 10.2 Å². The average molecular weight is 183 g/mol. The largest absolute Gasteiger partial charge is 0.315 e. The summed E-state index contributed by atoms with van der Waals surface area (Å²) in [7, 11) is 2.07. The molecule has 0 amide bonds. The predicted molar refractivity (Wildman–Crippen MR) is 55.5 cm³/mol. The first-order valence-electron chi connectivity index (χ1n) is 5.00. The van der Waals surface area contributed by atoms with Crippen LogP contribution in [-0.4, -0.2) is 37.6 Å². The van der Waals surface area contributed by atoms with Crippen LogP contribution in [0.2, 0.25) is 0 Å². The van der Waals surface area contributed by atoms with Gasteiger partial charge in [-0.25, -0.2) is 0 Å². The fourth-order valence-electron chi connectivity index (χ4n) is 1.07. The number of nitrogens with one attached hydrogen (secondary N) is 1. The van der Waals surface area contributed by atoms with Crippen molar-refractivity contribution in [2.45, 2.75) is 32.7 Å². The third-order valence-electron chi connectivity index (χ3n) is 2.21. The summed E-state index contributed by atoms with van der Waals surface area (Å²) in [6, 6.07) is 2.56. The summed E-state index contributed by atoms with van der Waals surface area (Å²) < 4.78 is 0. The van der Waals surface area contributed by atoms with Crippen molar-refractivity contribution in [2.24, 2.45) is 0 Å². The number of likely N-dealkylation sites (N-methyl/N-ethyl adjacent to an activating group) is 1. The van der Waals surface area contributed by atoms with E-state index in [9.17, 15) is 0 Å². The van der Waals surface area contributed by atoms with Gasteiger partial charge in [0.05, 0.1) is 12.5 Å². The third-order valence-corrected chi connectivity index (χ3v) is 2.21. The van der Waals surface area contributed by atoms with Gasteiger partial charge in [-0.15, -0.1) is 0 Å². The smallest absolute Gasteiger partial charge is 0.0638 e.